The molecule has 4 aromatic carbocycles. The Kier molecular flexibility index (Phi) is 27.6. The minimum atomic E-state index is -4.06. The first-order valence-electron chi connectivity index (χ1n) is 27.9. The average Bonchev–Trinajstić information content (AvgIpc) is 3.30. The van der Waals surface area contributed by atoms with E-state index in [1.165, 1.54) is 43.2 Å². The number of sulfonamides is 4. The molecule has 4 rings (SSSR count). The Morgan fingerprint density at radius 3 is 0.744 bits per heavy atom. The Hall–Kier alpha value is -3.82. The summed E-state index contributed by atoms with van der Waals surface area (Å²) in [5.41, 5.74) is 9.02. The molecule has 0 fully saturated rings. The van der Waals surface area contributed by atoms with Gasteiger partial charge in [-0.1, -0.05) is 111 Å². The molecule has 0 bridgehead atoms. The van der Waals surface area contributed by atoms with Gasteiger partial charge < -0.3 is 10.6 Å². The molecule has 0 radical (unpaired) electrons. The van der Waals surface area contributed by atoms with E-state index in [-0.39, 0.29) is 62.1 Å². The van der Waals surface area contributed by atoms with Crippen LogP contribution in [0.2, 0.25) is 0 Å². The summed E-state index contributed by atoms with van der Waals surface area (Å²) < 4.78 is 120. The molecule has 0 amide bonds. The maximum absolute atomic E-state index is 14.6. The van der Waals surface area contributed by atoms with Crippen LogP contribution in [0.25, 0.3) is 0 Å². The molecule has 0 aliphatic heterocycles. The summed E-state index contributed by atoms with van der Waals surface area (Å²) in [5.74, 6) is 0. The lowest BCUT2D eigenvalue weighted by Crippen LogP contribution is -2.36. The Bertz CT molecular complexity index is 2810. The van der Waals surface area contributed by atoms with Crippen molar-refractivity contribution in [2.24, 2.45) is 0 Å². The third-order valence-corrected chi connectivity index (χ3v) is 22.8. The van der Waals surface area contributed by atoms with E-state index in [4.69, 9.17) is 0 Å². The summed E-state index contributed by atoms with van der Waals surface area (Å²) in [5, 5.41) is 6.59. The summed E-state index contributed by atoms with van der Waals surface area (Å²) in [6.07, 6.45) is 7.49. The zero-order valence-corrected chi connectivity index (χ0v) is 53.5. The van der Waals surface area contributed by atoms with Crippen molar-refractivity contribution in [3.8, 4) is 0 Å². The van der Waals surface area contributed by atoms with Crippen molar-refractivity contribution in [3.63, 3.8) is 0 Å². The van der Waals surface area contributed by atoms with Crippen LogP contribution in [0.3, 0.4) is 0 Å². The molecule has 0 aliphatic carbocycles. The molecule has 2 N–H and O–H groups in total. The van der Waals surface area contributed by atoms with Crippen LogP contribution in [-0.2, 0) is 40.1 Å². The molecule has 0 aromatic heterocycles. The highest BCUT2D eigenvalue weighted by atomic mass is 32.2. The van der Waals surface area contributed by atoms with E-state index in [0.29, 0.717) is 80.0 Å². The van der Waals surface area contributed by atoms with E-state index in [9.17, 15) is 33.7 Å². The number of unbranched alkanes of at least 4 members (excludes halogenated alkanes) is 3. The van der Waals surface area contributed by atoms with Gasteiger partial charge in [-0.2, -0.15) is 17.2 Å². The summed E-state index contributed by atoms with van der Waals surface area (Å²) in [6.45, 7) is 35.4. The number of rotatable bonds is 31. The van der Waals surface area contributed by atoms with Crippen molar-refractivity contribution in [2.45, 2.75) is 169 Å². The van der Waals surface area contributed by atoms with Crippen LogP contribution >= 0.6 is 0 Å². The second-order valence-electron chi connectivity index (χ2n) is 20.9. The third kappa shape index (κ3) is 18.6. The van der Waals surface area contributed by atoms with Gasteiger partial charge in [-0.3, -0.25) is 0 Å². The first kappa shape index (κ1) is 68.5. The Morgan fingerprint density at radius 1 is 0.333 bits per heavy atom. The first-order valence-corrected chi connectivity index (χ1v) is 33.7. The van der Waals surface area contributed by atoms with E-state index in [0.717, 1.165) is 35.3 Å². The number of aryl methyl sites for hydroxylation is 12. The average molecular weight is 1160 g/mol. The fraction of sp³-hybridized carbons (Fsp3) is 0.567. The number of benzene rings is 4. The van der Waals surface area contributed by atoms with E-state index in [1.807, 2.05) is 76.2 Å². The monoisotopic (exact) mass is 1160 g/mol. The van der Waals surface area contributed by atoms with Crippen molar-refractivity contribution in [1.82, 2.24) is 27.9 Å². The lowest BCUT2D eigenvalue weighted by atomic mass is 10.1. The third-order valence-electron chi connectivity index (χ3n) is 13.9. The van der Waals surface area contributed by atoms with Gasteiger partial charge in [-0.15, -0.1) is 0 Å². The zero-order chi connectivity index (χ0) is 58.8. The number of nitrogens with zero attached hydrogens (tertiary/aromatic N) is 4. The molecular formula is C60H96N6O8S4. The lowest BCUT2D eigenvalue weighted by molar-refractivity contribution is 0.384. The highest BCUT2D eigenvalue weighted by Gasteiger charge is 2.32. The second-order valence-corrected chi connectivity index (χ2v) is 28.4. The predicted molar refractivity (Wildman–Crippen MR) is 323 cm³/mol. The predicted octanol–water partition coefficient (Wildman–Crippen LogP) is 10.6. The Labute approximate surface area is 473 Å². The van der Waals surface area contributed by atoms with Gasteiger partial charge in [0.2, 0.25) is 40.1 Å². The maximum Gasteiger partial charge on any atom is 0.243 e. The molecule has 438 valence electrons. The van der Waals surface area contributed by atoms with Crippen LogP contribution in [0.4, 0.5) is 0 Å². The summed E-state index contributed by atoms with van der Waals surface area (Å²) >= 11 is 0. The van der Waals surface area contributed by atoms with Gasteiger partial charge in [0.25, 0.3) is 0 Å². The molecule has 0 spiro atoms. The molecular weight excluding hydrogens is 1060 g/mol. The van der Waals surface area contributed by atoms with Crippen molar-refractivity contribution in [1.29, 1.82) is 0 Å². The van der Waals surface area contributed by atoms with Crippen LogP contribution in [0, 0.1) is 83.1 Å². The first-order chi connectivity index (χ1) is 36.5. The quantitative estimate of drug-likeness (QED) is 0.0365. The highest BCUT2D eigenvalue weighted by Crippen LogP contribution is 2.30. The molecule has 0 saturated carbocycles. The standard InChI is InChI=1S/C52H76N4O8S4.C8H20N2/c1-15-53(65(57,58)49-41(7)29-37(3)30-42(49)8)23-17-19-25-55(67(61,62)51-45(11)33-39(5)34-46(51)12)27-21-22-28-56(68(63,64)52-47(13)35-40(6)36-48(52)14)26-20-18-24-54(16-2)66(59,60)50-43(9)31-38(4)32-44(50)10;1-3-9-7-5-6-8-10-4-2/h21-22,29-36H,15-20,23-28H2,1-14H3;9-10H,3-8H2,1-2H3/b22-21+;. The minimum absolute atomic E-state index is 0.0513. The lowest BCUT2D eigenvalue weighted by Gasteiger charge is -2.26. The van der Waals surface area contributed by atoms with Crippen molar-refractivity contribution in [2.75, 3.05) is 78.5 Å². The smallest absolute Gasteiger partial charge is 0.243 e. The van der Waals surface area contributed by atoms with E-state index in [1.54, 1.807) is 81.4 Å². The number of hydrogen-bond acceptors (Lipinski definition) is 10. The Morgan fingerprint density at radius 2 is 0.538 bits per heavy atom. The van der Waals surface area contributed by atoms with Gasteiger partial charge in [0.1, 0.15) is 0 Å². The molecule has 0 heterocycles. The maximum atomic E-state index is 14.6. The van der Waals surface area contributed by atoms with Crippen molar-refractivity contribution < 1.29 is 33.7 Å². The molecule has 14 nitrogen and oxygen atoms in total. The SMILES string of the molecule is CCN(CCCCN(C/C=C/CN(CCCCN(CC)S(=O)(=O)c1c(C)cc(C)cc1C)S(=O)(=O)c1c(C)cc(C)cc1C)S(=O)(=O)c1c(C)cc(C)cc1C)S(=O)(=O)c1c(C)cc(C)cc1C.CCNCCCCNCC. The minimum Gasteiger partial charge on any atom is -0.317 e. The van der Waals surface area contributed by atoms with Crippen LogP contribution in [0.1, 0.15) is 133 Å². The van der Waals surface area contributed by atoms with Gasteiger partial charge in [0.05, 0.1) is 19.6 Å². The zero-order valence-electron chi connectivity index (χ0n) is 50.2. The van der Waals surface area contributed by atoms with Gasteiger partial charge in [-0.25, -0.2) is 33.7 Å². The van der Waals surface area contributed by atoms with Crippen LogP contribution < -0.4 is 10.6 Å². The molecule has 0 unspecified atom stereocenters. The van der Waals surface area contributed by atoms with Gasteiger partial charge in [0, 0.05) is 52.4 Å². The van der Waals surface area contributed by atoms with Crippen molar-refractivity contribution in [3.05, 3.63) is 127 Å². The van der Waals surface area contributed by atoms with Crippen LogP contribution in [-0.4, -0.2) is 129 Å². The fourth-order valence-electron chi connectivity index (χ4n) is 10.7. The molecule has 0 atom stereocenters. The molecule has 78 heavy (non-hydrogen) atoms. The normalized spacial score (nSPS) is 12.7. The molecule has 0 aliphatic rings. The van der Waals surface area contributed by atoms with Crippen molar-refractivity contribution >= 4 is 40.1 Å². The molecule has 18 heteroatoms. The van der Waals surface area contributed by atoms with Gasteiger partial charge in [-0.05, 0) is 192 Å². The van der Waals surface area contributed by atoms with Gasteiger partial charge >= 0.3 is 0 Å². The second kappa shape index (κ2) is 31.4. The summed E-state index contributed by atoms with van der Waals surface area (Å²) in [4.78, 5) is 1.02. The molecule has 0 saturated heterocycles. The number of hydrogen-bond donors (Lipinski definition) is 2. The fourth-order valence-corrected chi connectivity index (χ4v) is 18.2. The molecule has 4 aromatic rings. The van der Waals surface area contributed by atoms with E-state index >= 15 is 0 Å². The van der Waals surface area contributed by atoms with E-state index < -0.39 is 40.1 Å². The van der Waals surface area contributed by atoms with Crippen LogP contribution in [0.15, 0.2) is 80.3 Å². The summed E-state index contributed by atoms with van der Waals surface area (Å²) in [7, 11) is -15.8. The summed E-state index contributed by atoms with van der Waals surface area (Å²) in [6, 6.07) is 14.8. The highest BCUT2D eigenvalue weighted by molar-refractivity contribution is 7.90. The van der Waals surface area contributed by atoms with E-state index in [2.05, 4.69) is 24.5 Å². The Balaban J connectivity index is 0.00000145. The topological polar surface area (TPSA) is 174 Å². The largest absolute Gasteiger partial charge is 0.317 e. The van der Waals surface area contributed by atoms with Gasteiger partial charge in [0.15, 0.2) is 0 Å². The van der Waals surface area contributed by atoms with Crippen LogP contribution in [0.5, 0.6) is 0 Å². The number of nitrogens with one attached hydrogen (secondary N) is 2.